The van der Waals surface area contributed by atoms with Gasteiger partial charge in [-0.1, -0.05) is 25.9 Å². The molecular formula is C19H26N4O4. The molecule has 0 unspecified atom stereocenters. The van der Waals surface area contributed by atoms with E-state index in [1.165, 1.54) is 0 Å². The van der Waals surface area contributed by atoms with E-state index in [1.807, 2.05) is 24.3 Å². The zero-order chi connectivity index (χ0) is 19.4. The highest BCUT2D eigenvalue weighted by atomic mass is 16.6. The minimum absolute atomic E-state index is 0.0128. The molecule has 0 radical (unpaired) electrons. The molecule has 1 saturated heterocycles. The topological polar surface area (TPSA) is 105 Å². The van der Waals surface area contributed by atoms with Crippen LogP contribution in [0.15, 0.2) is 33.8 Å². The Kier molecular flexibility index (Phi) is 5.65. The third kappa shape index (κ3) is 4.57. The molecule has 2 heterocycles. The van der Waals surface area contributed by atoms with E-state index in [9.17, 15) is 0 Å². The Bertz CT molecular complexity index is 780. The fraction of sp³-hybridized carbons (Fsp3) is 0.526. The average molecular weight is 374 g/mol. The molecule has 2 atom stereocenters. The fourth-order valence-corrected chi connectivity index (χ4v) is 3.14. The van der Waals surface area contributed by atoms with Crippen LogP contribution in [0.25, 0.3) is 11.5 Å². The largest absolute Gasteiger partial charge is 0.497 e. The van der Waals surface area contributed by atoms with Gasteiger partial charge in [0.2, 0.25) is 5.89 Å². The number of hydrogen-bond donors (Lipinski definition) is 1. The maximum atomic E-state index is 6.12. The first-order chi connectivity index (χ1) is 12.9. The van der Waals surface area contributed by atoms with Gasteiger partial charge in [0.1, 0.15) is 11.6 Å². The fourth-order valence-electron chi connectivity index (χ4n) is 3.14. The summed E-state index contributed by atoms with van der Waals surface area (Å²) < 4.78 is 16.6. The number of aromatic nitrogens is 2. The highest BCUT2D eigenvalue weighted by Crippen LogP contribution is 2.34. The number of amidine groups is 1. The van der Waals surface area contributed by atoms with Crippen LogP contribution in [0, 0.1) is 11.3 Å². The van der Waals surface area contributed by atoms with Crippen LogP contribution in [0.2, 0.25) is 0 Å². The van der Waals surface area contributed by atoms with Gasteiger partial charge in [0.15, 0.2) is 6.61 Å². The first-order valence-corrected chi connectivity index (χ1v) is 8.92. The van der Waals surface area contributed by atoms with Gasteiger partial charge in [-0.25, -0.2) is 0 Å². The molecule has 1 aromatic carbocycles. The van der Waals surface area contributed by atoms with Gasteiger partial charge in [0.05, 0.1) is 13.2 Å². The van der Waals surface area contributed by atoms with Gasteiger partial charge in [0, 0.05) is 18.1 Å². The summed E-state index contributed by atoms with van der Waals surface area (Å²) in [7, 11) is 1.62. The highest BCUT2D eigenvalue weighted by Gasteiger charge is 2.39. The second-order valence-corrected chi connectivity index (χ2v) is 7.57. The summed E-state index contributed by atoms with van der Waals surface area (Å²) >= 11 is 0. The molecule has 8 nitrogen and oxygen atoms in total. The van der Waals surface area contributed by atoms with Crippen LogP contribution in [0.4, 0.5) is 0 Å². The molecule has 0 aliphatic carbocycles. The van der Waals surface area contributed by atoms with Crippen molar-refractivity contribution in [3.63, 3.8) is 0 Å². The number of rotatable bonds is 6. The van der Waals surface area contributed by atoms with Crippen LogP contribution in [0.1, 0.15) is 33.1 Å². The molecule has 1 aliphatic heterocycles. The van der Waals surface area contributed by atoms with E-state index in [2.05, 4.69) is 36.1 Å². The van der Waals surface area contributed by atoms with Crippen molar-refractivity contribution in [2.45, 2.75) is 39.9 Å². The number of methoxy groups -OCH3 is 1. The van der Waals surface area contributed by atoms with E-state index in [0.29, 0.717) is 24.2 Å². The second kappa shape index (κ2) is 7.96. The minimum atomic E-state index is -0.0128. The normalized spacial score (nSPS) is 20.7. The van der Waals surface area contributed by atoms with Gasteiger partial charge < -0.3 is 24.5 Å². The zero-order valence-electron chi connectivity index (χ0n) is 16.1. The van der Waals surface area contributed by atoms with Crippen molar-refractivity contribution in [3.05, 3.63) is 30.2 Å². The Hall–Kier alpha value is -2.61. The van der Waals surface area contributed by atoms with E-state index in [1.54, 1.807) is 7.11 Å². The number of benzene rings is 1. The van der Waals surface area contributed by atoms with Crippen molar-refractivity contribution >= 4 is 5.84 Å². The monoisotopic (exact) mass is 374 g/mol. The summed E-state index contributed by atoms with van der Waals surface area (Å²) in [5, 5.41) is 12.0. The summed E-state index contributed by atoms with van der Waals surface area (Å²) in [5.41, 5.74) is 6.91. The van der Waals surface area contributed by atoms with E-state index in [0.717, 1.165) is 17.7 Å². The molecule has 1 aromatic heterocycles. The number of oxime groups is 1. The molecule has 27 heavy (non-hydrogen) atoms. The van der Waals surface area contributed by atoms with Crippen molar-refractivity contribution in [1.82, 2.24) is 10.2 Å². The lowest BCUT2D eigenvalue weighted by Gasteiger charge is -2.30. The molecule has 1 fully saturated rings. The summed E-state index contributed by atoms with van der Waals surface area (Å²) in [6, 6.07) is 7.35. The van der Waals surface area contributed by atoms with Crippen molar-refractivity contribution in [2.24, 2.45) is 22.2 Å². The molecule has 146 valence electrons. The van der Waals surface area contributed by atoms with Crippen molar-refractivity contribution in [3.8, 4) is 17.2 Å². The summed E-state index contributed by atoms with van der Waals surface area (Å²) in [5.74, 6) is 1.97. The number of hydrogen-bond acceptors (Lipinski definition) is 7. The molecule has 2 aromatic rings. The Balaban J connectivity index is 1.59. The third-order valence-electron chi connectivity index (χ3n) is 4.49. The Morgan fingerprint density at radius 2 is 2.00 bits per heavy atom. The van der Waals surface area contributed by atoms with Gasteiger partial charge in [0.25, 0.3) is 5.89 Å². The quantitative estimate of drug-likeness (QED) is 0.471. The molecule has 0 spiro atoms. The average Bonchev–Trinajstić information content (AvgIpc) is 3.31. The van der Waals surface area contributed by atoms with Crippen LogP contribution in [-0.2, 0) is 16.2 Å². The van der Waals surface area contributed by atoms with Crippen molar-refractivity contribution < 1.29 is 18.7 Å². The number of nitrogens with two attached hydrogens (primary N) is 1. The van der Waals surface area contributed by atoms with Crippen LogP contribution < -0.4 is 10.5 Å². The Morgan fingerprint density at radius 1 is 1.26 bits per heavy atom. The molecule has 8 heteroatoms. The maximum absolute atomic E-state index is 6.12. The first-order valence-electron chi connectivity index (χ1n) is 8.92. The third-order valence-corrected chi connectivity index (χ3v) is 4.49. The van der Waals surface area contributed by atoms with E-state index >= 15 is 0 Å². The lowest BCUT2D eigenvalue weighted by molar-refractivity contribution is 0.0173. The Labute approximate surface area is 158 Å². The van der Waals surface area contributed by atoms with Gasteiger partial charge in [-0.3, -0.25) is 0 Å². The van der Waals surface area contributed by atoms with Crippen molar-refractivity contribution in [2.75, 3.05) is 13.7 Å². The van der Waals surface area contributed by atoms with Crippen LogP contribution in [-0.4, -0.2) is 35.9 Å². The summed E-state index contributed by atoms with van der Waals surface area (Å²) in [6.07, 6.45) is 0.859. The molecule has 3 rings (SSSR count). The number of nitrogens with zero attached hydrogens (tertiary/aromatic N) is 3. The lowest BCUT2D eigenvalue weighted by Crippen LogP contribution is -2.38. The molecular weight excluding hydrogens is 348 g/mol. The SMILES string of the molecule is COc1ccc(-c2nnc(CO/N=C(/N)[C@H]3CCO[C@@H]3C(C)(C)C)o2)cc1. The van der Waals surface area contributed by atoms with Gasteiger partial charge >= 0.3 is 0 Å². The van der Waals surface area contributed by atoms with Gasteiger partial charge in [-0.05, 0) is 36.1 Å². The van der Waals surface area contributed by atoms with Crippen LogP contribution in [0.5, 0.6) is 5.75 Å². The number of ether oxygens (including phenoxy) is 2. The lowest BCUT2D eigenvalue weighted by atomic mass is 9.81. The summed E-state index contributed by atoms with van der Waals surface area (Å²) in [6.45, 7) is 7.12. The maximum Gasteiger partial charge on any atom is 0.257 e. The Morgan fingerprint density at radius 3 is 2.67 bits per heavy atom. The van der Waals surface area contributed by atoms with Gasteiger partial charge in [-0.2, -0.15) is 0 Å². The standard InChI is InChI=1S/C19H26N4O4/c1-19(2,3)16-14(9-10-25-16)17(20)23-26-11-15-21-22-18(27-15)12-5-7-13(24-4)8-6-12/h5-8,14,16H,9-11H2,1-4H3,(H2,20,23)/t14-,16-/m0/s1. The van der Waals surface area contributed by atoms with E-state index in [4.69, 9.17) is 24.5 Å². The van der Waals surface area contributed by atoms with Crippen LogP contribution in [0.3, 0.4) is 0 Å². The van der Waals surface area contributed by atoms with Gasteiger partial charge in [-0.15, -0.1) is 10.2 Å². The smallest absolute Gasteiger partial charge is 0.257 e. The summed E-state index contributed by atoms with van der Waals surface area (Å²) in [4.78, 5) is 5.33. The molecule has 1 aliphatic rings. The zero-order valence-corrected chi connectivity index (χ0v) is 16.1. The molecule has 0 saturated carbocycles. The predicted octanol–water partition coefficient (Wildman–Crippen LogP) is 2.99. The highest BCUT2D eigenvalue weighted by molar-refractivity contribution is 5.83. The minimum Gasteiger partial charge on any atom is -0.497 e. The predicted molar refractivity (Wildman–Crippen MR) is 100.0 cm³/mol. The molecule has 0 amide bonds. The molecule has 0 bridgehead atoms. The van der Waals surface area contributed by atoms with Crippen molar-refractivity contribution in [1.29, 1.82) is 0 Å². The second-order valence-electron chi connectivity index (χ2n) is 7.57. The van der Waals surface area contributed by atoms with E-state index < -0.39 is 0 Å². The van der Waals surface area contributed by atoms with E-state index in [-0.39, 0.29) is 24.0 Å². The first kappa shape index (κ1) is 19.2. The van der Waals surface area contributed by atoms with Crippen LogP contribution >= 0.6 is 0 Å². The molecule has 2 N–H and O–H groups in total.